The van der Waals surface area contributed by atoms with Gasteiger partial charge in [-0.3, -0.25) is 0 Å². The minimum atomic E-state index is -0.838. The molecule has 0 amide bonds. The van der Waals surface area contributed by atoms with Crippen LogP contribution in [0.1, 0.15) is 46.8 Å². The first-order chi connectivity index (χ1) is 9.30. The quantitative estimate of drug-likeness (QED) is 0.759. The molecule has 20 heavy (non-hydrogen) atoms. The molecule has 2 aliphatic rings. The van der Waals surface area contributed by atoms with Gasteiger partial charge in [0.2, 0.25) is 0 Å². The first kappa shape index (κ1) is 14.0. The lowest BCUT2D eigenvalue weighted by atomic mass is 9.85. The Bertz CT molecular complexity index is 498. The Morgan fingerprint density at radius 3 is 2.40 bits per heavy atom. The van der Waals surface area contributed by atoms with Crippen LogP contribution in [-0.2, 0) is 14.0 Å². The maximum Gasteiger partial charge on any atom is 0.521 e. The van der Waals surface area contributed by atoms with E-state index >= 15 is 0 Å². The Balaban J connectivity index is 1.85. The standard InChI is InChI=1S/C12H19BFN3O3/c1-11(2)12(3,4)20-13(19-11)9-10(14)16-17(15-9)8-6-5-7-18-8/h8H,5-7H2,1-4H3. The van der Waals surface area contributed by atoms with Crippen LogP contribution in [0, 0.1) is 5.95 Å². The second-order valence-electron chi connectivity index (χ2n) is 6.25. The van der Waals surface area contributed by atoms with Crippen molar-refractivity contribution in [1.82, 2.24) is 15.0 Å². The molecule has 0 saturated carbocycles. The van der Waals surface area contributed by atoms with Gasteiger partial charge in [0.05, 0.1) is 11.2 Å². The summed E-state index contributed by atoms with van der Waals surface area (Å²) in [4.78, 5) is 1.28. The van der Waals surface area contributed by atoms with Crippen LogP contribution >= 0.6 is 0 Å². The highest BCUT2D eigenvalue weighted by Gasteiger charge is 2.54. The van der Waals surface area contributed by atoms with E-state index in [0.717, 1.165) is 12.8 Å². The van der Waals surface area contributed by atoms with Crippen molar-refractivity contribution in [2.45, 2.75) is 58.0 Å². The van der Waals surface area contributed by atoms with Gasteiger partial charge in [-0.2, -0.15) is 14.3 Å². The van der Waals surface area contributed by atoms with Gasteiger partial charge >= 0.3 is 7.12 Å². The average molecular weight is 283 g/mol. The maximum atomic E-state index is 14.0. The molecule has 2 fully saturated rings. The molecule has 3 heterocycles. The molecule has 0 N–H and O–H groups in total. The summed E-state index contributed by atoms with van der Waals surface area (Å²) in [7, 11) is -0.838. The Kier molecular flexibility index (Phi) is 3.15. The summed E-state index contributed by atoms with van der Waals surface area (Å²) < 4.78 is 31.0. The van der Waals surface area contributed by atoms with Crippen molar-refractivity contribution in [3.8, 4) is 0 Å². The zero-order valence-corrected chi connectivity index (χ0v) is 12.2. The van der Waals surface area contributed by atoms with E-state index in [9.17, 15) is 4.39 Å². The van der Waals surface area contributed by atoms with Crippen LogP contribution in [0.3, 0.4) is 0 Å². The number of hydrogen-bond donors (Lipinski definition) is 0. The Hall–Kier alpha value is -0.985. The van der Waals surface area contributed by atoms with Crippen LogP contribution in [-0.4, -0.2) is 39.9 Å². The maximum absolute atomic E-state index is 14.0. The second-order valence-corrected chi connectivity index (χ2v) is 6.25. The Labute approximate surface area is 117 Å². The Morgan fingerprint density at radius 1 is 1.20 bits per heavy atom. The highest BCUT2D eigenvalue weighted by molar-refractivity contribution is 6.61. The van der Waals surface area contributed by atoms with Gasteiger partial charge in [-0.25, -0.2) is 0 Å². The summed E-state index contributed by atoms with van der Waals surface area (Å²) in [5.41, 5.74) is -0.977. The molecule has 2 saturated heterocycles. The summed E-state index contributed by atoms with van der Waals surface area (Å²) in [5, 5.41) is 7.95. The van der Waals surface area contributed by atoms with Crippen LogP contribution in [0.25, 0.3) is 0 Å². The van der Waals surface area contributed by atoms with Crippen molar-refractivity contribution in [3.63, 3.8) is 0 Å². The van der Waals surface area contributed by atoms with Crippen LogP contribution in [0.15, 0.2) is 0 Å². The van der Waals surface area contributed by atoms with Crippen molar-refractivity contribution in [3.05, 3.63) is 5.95 Å². The van der Waals surface area contributed by atoms with Gasteiger partial charge in [0, 0.05) is 6.61 Å². The van der Waals surface area contributed by atoms with Crippen molar-refractivity contribution < 1.29 is 18.4 Å². The number of hydrogen-bond acceptors (Lipinski definition) is 5. The van der Waals surface area contributed by atoms with Gasteiger partial charge in [0.15, 0.2) is 11.8 Å². The third kappa shape index (κ3) is 2.15. The minimum Gasteiger partial charge on any atom is -0.398 e. The summed E-state index contributed by atoms with van der Waals surface area (Å²) >= 11 is 0. The van der Waals surface area contributed by atoms with E-state index in [1.54, 1.807) is 0 Å². The zero-order chi connectivity index (χ0) is 14.5. The van der Waals surface area contributed by atoms with E-state index in [0.29, 0.717) is 6.61 Å². The lowest BCUT2D eigenvalue weighted by molar-refractivity contribution is 0.00578. The fourth-order valence-electron chi connectivity index (χ4n) is 2.29. The van der Waals surface area contributed by atoms with E-state index in [4.69, 9.17) is 14.0 Å². The van der Waals surface area contributed by atoms with E-state index in [-0.39, 0.29) is 11.8 Å². The molecule has 1 unspecified atom stereocenters. The normalized spacial score (nSPS) is 28.2. The predicted octanol–water partition coefficient (Wildman–Crippen LogP) is 1.03. The van der Waals surface area contributed by atoms with Gasteiger partial charge < -0.3 is 14.0 Å². The van der Waals surface area contributed by atoms with Crippen molar-refractivity contribution in [2.24, 2.45) is 0 Å². The minimum absolute atomic E-state index is 0.0825. The molecular weight excluding hydrogens is 264 g/mol. The highest BCUT2D eigenvalue weighted by atomic mass is 19.1. The van der Waals surface area contributed by atoms with Gasteiger partial charge in [-0.05, 0) is 40.5 Å². The molecule has 1 aromatic rings. The molecule has 1 aromatic heterocycles. The molecule has 6 nitrogen and oxygen atoms in total. The molecule has 0 aromatic carbocycles. The second kappa shape index (κ2) is 4.51. The number of halogens is 1. The summed E-state index contributed by atoms with van der Waals surface area (Å²) in [6.45, 7) is 8.30. The van der Waals surface area contributed by atoms with E-state index < -0.39 is 24.3 Å². The number of rotatable bonds is 2. The molecular formula is C12H19BFN3O3. The smallest absolute Gasteiger partial charge is 0.398 e. The molecule has 0 spiro atoms. The molecule has 0 radical (unpaired) electrons. The van der Waals surface area contributed by atoms with Crippen molar-refractivity contribution >= 4 is 12.7 Å². The number of ether oxygens (including phenoxy) is 1. The summed E-state index contributed by atoms with van der Waals surface area (Å²) in [5.74, 6) is -0.668. The number of aromatic nitrogens is 3. The van der Waals surface area contributed by atoms with Gasteiger partial charge in [0.25, 0.3) is 5.95 Å². The van der Waals surface area contributed by atoms with Gasteiger partial charge in [-0.1, -0.05) is 0 Å². The van der Waals surface area contributed by atoms with Crippen LogP contribution in [0.4, 0.5) is 4.39 Å². The summed E-state index contributed by atoms with van der Waals surface area (Å²) in [6.07, 6.45) is 1.43. The SMILES string of the molecule is CC1(C)OB(c2nn(C3CCCO3)nc2F)OC1(C)C. The monoisotopic (exact) mass is 283 g/mol. The molecule has 110 valence electrons. The third-order valence-electron chi connectivity index (χ3n) is 4.25. The first-order valence-electron chi connectivity index (χ1n) is 6.90. The zero-order valence-electron chi connectivity index (χ0n) is 12.2. The molecule has 8 heteroatoms. The largest absolute Gasteiger partial charge is 0.521 e. The molecule has 2 aliphatic heterocycles. The number of nitrogens with zero attached hydrogens (tertiary/aromatic N) is 3. The Morgan fingerprint density at radius 2 is 1.85 bits per heavy atom. The molecule has 1 atom stereocenters. The molecule has 0 aliphatic carbocycles. The fourth-order valence-corrected chi connectivity index (χ4v) is 2.29. The summed E-state index contributed by atoms with van der Waals surface area (Å²) in [6, 6.07) is 0. The van der Waals surface area contributed by atoms with E-state index in [1.165, 1.54) is 4.80 Å². The van der Waals surface area contributed by atoms with Crippen molar-refractivity contribution in [1.29, 1.82) is 0 Å². The topological polar surface area (TPSA) is 58.4 Å². The first-order valence-corrected chi connectivity index (χ1v) is 6.90. The van der Waals surface area contributed by atoms with Gasteiger partial charge in [-0.15, -0.1) is 5.10 Å². The molecule has 0 bridgehead atoms. The van der Waals surface area contributed by atoms with Crippen LogP contribution < -0.4 is 5.59 Å². The lowest BCUT2D eigenvalue weighted by Crippen LogP contribution is -2.41. The van der Waals surface area contributed by atoms with Crippen molar-refractivity contribution in [2.75, 3.05) is 6.61 Å². The van der Waals surface area contributed by atoms with Gasteiger partial charge in [0.1, 0.15) is 0 Å². The third-order valence-corrected chi connectivity index (χ3v) is 4.25. The van der Waals surface area contributed by atoms with Crippen LogP contribution in [0.2, 0.25) is 0 Å². The molecule has 3 rings (SSSR count). The van der Waals surface area contributed by atoms with E-state index in [2.05, 4.69) is 10.2 Å². The average Bonchev–Trinajstić information content (AvgIpc) is 2.98. The fraction of sp³-hybridized carbons (Fsp3) is 0.833. The predicted molar refractivity (Wildman–Crippen MR) is 69.9 cm³/mol. The lowest BCUT2D eigenvalue weighted by Gasteiger charge is -2.32. The van der Waals surface area contributed by atoms with E-state index in [1.807, 2.05) is 27.7 Å². The van der Waals surface area contributed by atoms with Crippen LogP contribution in [0.5, 0.6) is 0 Å². The highest BCUT2D eigenvalue weighted by Crippen LogP contribution is 2.36.